The molecule has 2 aromatic heterocycles. The van der Waals surface area contributed by atoms with Crippen molar-refractivity contribution in [1.82, 2.24) is 19.5 Å². The predicted molar refractivity (Wildman–Crippen MR) is 101 cm³/mol. The highest BCUT2D eigenvalue weighted by molar-refractivity contribution is 5.78. The van der Waals surface area contributed by atoms with E-state index in [2.05, 4.69) is 32.5 Å². The van der Waals surface area contributed by atoms with Crippen LogP contribution in [0.3, 0.4) is 0 Å². The van der Waals surface area contributed by atoms with Gasteiger partial charge in [0.25, 0.3) is 0 Å². The molecule has 4 heterocycles. The average Bonchev–Trinajstić information content (AvgIpc) is 3.11. The molecule has 5 rings (SSSR count). The van der Waals surface area contributed by atoms with Crippen LogP contribution in [0.4, 0.5) is 10.2 Å². The van der Waals surface area contributed by atoms with Crippen molar-refractivity contribution >= 4 is 11.5 Å². The Kier molecular flexibility index (Phi) is 4.01. The number of benzene rings is 1. The second-order valence-electron chi connectivity index (χ2n) is 6.84. The Hall–Kier alpha value is -2.93. The number of nitrogens with zero attached hydrogens (tertiary/aromatic N) is 4. The van der Waals surface area contributed by atoms with Gasteiger partial charge in [-0.05, 0) is 30.7 Å². The molecule has 6 nitrogen and oxygen atoms in total. The molecule has 27 heavy (non-hydrogen) atoms. The summed E-state index contributed by atoms with van der Waals surface area (Å²) in [4.78, 5) is 7.05. The lowest BCUT2D eigenvalue weighted by atomic mass is 10.1. The molecule has 1 atom stereocenters. The van der Waals surface area contributed by atoms with E-state index in [1.807, 2.05) is 12.3 Å². The number of hydrogen-bond donors (Lipinski definition) is 1. The maximum atomic E-state index is 14.6. The normalized spacial score (nSPS) is 20.0. The summed E-state index contributed by atoms with van der Waals surface area (Å²) in [6, 6.07) is 6.94. The molecule has 7 heteroatoms. The van der Waals surface area contributed by atoms with Gasteiger partial charge in [0.1, 0.15) is 24.0 Å². The van der Waals surface area contributed by atoms with E-state index in [1.54, 1.807) is 22.8 Å². The van der Waals surface area contributed by atoms with Crippen molar-refractivity contribution in [2.45, 2.75) is 12.5 Å². The van der Waals surface area contributed by atoms with Crippen LogP contribution < -0.4 is 10.1 Å². The standard InChI is InChI=1S/C20H20FN5O/c21-18-5-4-15-11-16(18)17-12-23-26-9-6-19(24-20(17)26)22-7-10-25-8-2-1-3-14(25)13-27-15/h1,3-6,9,11-12,14H,2,7-8,10,13H2,(H,22,24)/t14-/m0/s1. The molecule has 0 radical (unpaired) electrons. The zero-order valence-electron chi connectivity index (χ0n) is 14.8. The van der Waals surface area contributed by atoms with E-state index in [0.29, 0.717) is 29.1 Å². The number of hydrogen-bond acceptors (Lipinski definition) is 5. The van der Waals surface area contributed by atoms with Crippen LogP contribution in [0.15, 0.2) is 48.8 Å². The first kappa shape index (κ1) is 16.3. The molecule has 0 unspecified atom stereocenters. The van der Waals surface area contributed by atoms with Gasteiger partial charge in [0.2, 0.25) is 0 Å². The molecule has 0 saturated heterocycles. The van der Waals surface area contributed by atoms with E-state index >= 15 is 0 Å². The summed E-state index contributed by atoms with van der Waals surface area (Å²) in [7, 11) is 0. The molecular weight excluding hydrogens is 345 g/mol. The smallest absolute Gasteiger partial charge is 0.165 e. The molecule has 138 valence electrons. The highest BCUT2D eigenvalue weighted by Crippen LogP contribution is 2.30. The van der Waals surface area contributed by atoms with Gasteiger partial charge in [-0.25, -0.2) is 13.9 Å². The number of aromatic nitrogens is 3. The summed E-state index contributed by atoms with van der Waals surface area (Å²) >= 11 is 0. The van der Waals surface area contributed by atoms with Gasteiger partial charge in [0, 0.05) is 37.0 Å². The minimum atomic E-state index is -0.316. The predicted octanol–water partition coefficient (Wildman–Crippen LogP) is 2.97. The van der Waals surface area contributed by atoms with Gasteiger partial charge in [-0.2, -0.15) is 5.10 Å². The van der Waals surface area contributed by atoms with Crippen LogP contribution >= 0.6 is 0 Å². The van der Waals surface area contributed by atoms with Gasteiger partial charge in [-0.15, -0.1) is 0 Å². The topological polar surface area (TPSA) is 54.7 Å². The quantitative estimate of drug-likeness (QED) is 0.621. The van der Waals surface area contributed by atoms with Crippen LogP contribution in [0, 0.1) is 5.82 Å². The summed E-state index contributed by atoms with van der Waals surface area (Å²) in [6.45, 7) is 3.21. The summed E-state index contributed by atoms with van der Waals surface area (Å²) in [5.74, 6) is 1.10. The van der Waals surface area contributed by atoms with Crippen LogP contribution in [0.1, 0.15) is 6.42 Å². The van der Waals surface area contributed by atoms with Gasteiger partial charge in [0.15, 0.2) is 5.65 Å². The number of anilines is 1. The lowest BCUT2D eigenvalue weighted by molar-refractivity contribution is 0.163. The van der Waals surface area contributed by atoms with E-state index < -0.39 is 0 Å². The lowest BCUT2D eigenvalue weighted by Gasteiger charge is -2.32. The molecule has 1 N–H and O–H groups in total. The highest BCUT2D eigenvalue weighted by atomic mass is 19.1. The van der Waals surface area contributed by atoms with Crippen molar-refractivity contribution in [3.8, 4) is 16.9 Å². The second kappa shape index (κ2) is 6.66. The fourth-order valence-corrected chi connectivity index (χ4v) is 3.69. The SMILES string of the molecule is Fc1ccc2cc1-c1cnn3ccc(nc13)NCCN1CCC=C[C@H]1CO2. The zero-order valence-corrected chi connectivity index (χ0v) is 14.8. The fraction of sp³-hybridized carbons (Fsp3) is 0.300. The third-order valence-corrected chi connectivity index (χ3v) is 5.13. The third kappa shape index (κ3) is 3.04. The van der Waals surface area contributed by atoms with Crippen LogP contribution in [0.5, 0.6) is 5.75 Å². The minimum Gasteiger partial charge on any atom is -0.492 e. The molecule has 1 aromatic carbocycles. The number of halogens is 1. The van der Waals surface area contributed by atoms with Crippen molar-refractivity contribution in [3.05, 3.63) is 54.6 Å². The molecule has 2 aliphatic rings. The third-order valence-electron chi connectivity index (χ3n) is 5.13. The van der Waals surface area contributed by atoms with Crippen molar-refractivity contribution < 1.29 is 9.13 Å². The molecule has 3 aromatic rings. The van der Waals surface area contributed by atoms with Gasteiger partial charge in [-0.3, -0.25) is 4.90 Å². The van der Waals surface area contributed by atoms with Crippen LogP contribution in [0.25, 0.3) is 16.8 Å². The number of fused-ring (bicyclic) bond motifs is 5. The van der Waals surface area contributed by atoms with Gasteiger partial charge in [-0.1, -0.05) is 12.2 Å². The summed E-state index contributed by atoms with van der Waals surface area (Å²) in [5, 5.41) is 7.68. The number of ether oxygens (including phenoxy) is 1. The number of nitrogens with one attached hydrogen (secondary N) is 1. The Labute approximate surface area is 156 Å². The Balaban J connectivity index is 1.61. The van der Waals surface area contributed by atoms with Crippen molar-refractivity contribution in [3.63, 3.8) is 0 Å². The van der Waals surface area contributed by atoms with Crippen molar-refractivity contribution in [2.75, 3.05) is 31.6 Å². The monoisotopic (exact) mass is 365 g/mol. The lowest BCUT2D eigenvalue weighted by Crippen LogP contribution is -2.43. The molecular formula is C20H20FN5O. The molecule has 0 saturated carbocycles. The van der Waals surface area contributed by atoms with E-state index in [0.717, 1.165) is 31.9 Å². The average molecular weight is 365 g/mol. The highest BCUT2D eigenvalue weighted by Gasteiger charge is 2.20. The Morgan fingerprint density at radius 1 is 1.19 bits per heavy atom. The van der Waals surface area contributed by atoms with E-state index in [-0.39, 0.29) is 11.9 Å². The molecule has 0 amide bonds. The summed E-state index contributed by atoms with van der Waals surface area (Å²) in [5.41, 5.74) is 1.71. The Bertz CT molecular complexity index is 1010. The van der Waals surface area contributed by atoms with Crippen molar-refractivity contribution in [2.24, 2.45) is 0 Å². The Morgan fingerprint density at radius 2 is 2.15 bits per heavy atom. The van der Waals surface area contributed by atoms with Gasteiger partial charge >= 0.3 is 0 Å². The van der Waals surface area contributed by atoms with Crippen LogP contribution in [-0.4, -0.2) is 51.8 Å². The maximum Gasteiger partial charge on any atom is 0.165 e. The summed E-state index contributed by atoms with van der Waals surface area (Å²) < 4.78 is 22.2. The largest absolute Gasteiger partial charge is 0.492 e. The summed E-state index contributed by atoms with van der Waals surface area (Å²) in [6.07, 6.45) is 8.92. The molecule has 0 fully saturated rings. The van der Waals surface area contributed by atoms with Crippen LogP contribution in [0.2, 0.25) is 0 Å². The van der Waals surface area contributed by atoms with E-state index in [1.165, 1.54) is 6.07 Å². The Morgan fingerprint density at radius 3 is 3.11 bits per heavy atom. The molecule has 0 aliphatic carbocycles. The fourth-order valence-electron chi connectivity index (χ4n) is 3.69. The first-order chi connectivity index (χ1) is 13.3. The minimum absolute atomic E-state index is 0.208. The van der Waals surface area contributed by atoms with Gasteiger partial charge < -0.3 is 10.1 Å². The molecule has 2 aliphatic heterocycles. The first-order valence-corrected chi connectivity index (χ1v) is 9.20. The number of rotatable bonds is 0. The second-order valence-corrected chi connectivity index (χ2v) is 6.84. The zero-order chi connectivity index (χ0) is 18.2. The maximum absolute atomic E-state index is 14.6. The van der Waals surface area contributed by atoms with Crippen LogP contribution in [-0.2, 0) is 0 Å². The first-order valence-electron chi connectivity index (χ1n) is 9.20. The molecule has 0 spiro atoms. The van der Waals surface area contributed by atoms with E-state index in [9.17, 15) is 4.39 Å². The van der Waals surface area contributed by atoms with E-state index in [4.69, 9.17) is 4.74 Å². The molecule has 4 bridgehead atoms. The van der Waals surface area contributed by atoms with Gasteiger partial charge in [0.05, 0.1) is 12.2 Å². The van der Waals surface area contributed by atoms with Crippen molar-refractivity contribution in [1.29, 1.82) is 0 Å².